The molecule has 0 aromatic carbocycles. The van der Waals surface area contributed by atoms with Crippen LogP contribution in [0.4, 0.5) is 0 Å². The number of hydrogen-bond acceptors (Lipinski definition) is 3. The fourth-order valence-electron chi connectivity index (χ4n) is 2.40. The van der Waals surface area contributed by atoms with Gasteiger partial charge in [0.25, 0.3) is 0 Å². The molecular weight excluding hydrogens is 208 g/mol. The molecule has 0 aromatic rings. The van der Waals surface area contributed by atoms with Crippen molar-refractivity contribution in [1.82, 2.24) is 0 Å². The van der Waals surface area contributed by atoms with Gasteiger partial charge < -0.3 is 0 Å². The summed E-state index contributed by atoms with van der Waals surface area (Å²) in [5.74, 6) is 1.07. The van der Waals surface area contributed by atoms with Gasteiger partial charge in [0.2, 0.25) is 0 Å². The van der Waals surface area contributed by atoms with Gasteiger partial charge in [-0.05, 0) is 18.6 Å². The van der Waals surface area contributed by atoms with Gasteiger partial charge in [0.15, 0.2) is 0 Å². The molecule has 0 spiro atoms. The molecule has 0 aromatic heterocycles. The van der Waals surface area contributed by atoms with Crippen LogP contribution >= 0.6 is 12.6 Å². The van der Waals surface area contributed by atoms with E-state index in [2.05, 4.69) is 12.6 Å². The van der Waals surface area contributed by atoms with E-state index < -0.39 is 0 Å². The number of rotatable bonds is 5. The number of hydrogen-bond donors (Lipinski definition) is 1. The van der Waals surface area contributed by atoms with Crippen LogP contribution < -0.4 is 0 Å². The monoisotopic (exact) mass is 228 g/mol. The van der Waals surface area contributed by atoms with Gasteiger partial charge in [0, 0.05) is 24.2 Å². The van der Waals surface area contributed by atoms with Crippen molar-refractivity contribution in [3.05, 3.63) is 0 Å². The van der Waals surface area contributed by atoms with E-state index in [1.165, 1.54) is 0 Å². The van der Waals surface area contributed by atoms with Crippen LogP contribution in [0.2, 0.25) is 0 Å². The van der Waals surface area contributed by atoms with E-state index >= 15 is 0 Å². The second-order valence-electron chi connectivity index (χ2n) is 4.45. The Kier molecular flexibility index (Phi) is 4.84. The lowest BCUT2D eigenvalue weighted by Crippen LogP contribution is -2.29. The van der Waals surface area contributed by atoms with E-state index in [-0.39, 0.29) is 29.3 Å². The van der Waals surface area contributed by atoms with Gasteiger partial charge in [-0.2, -0.15) is 12.6 Å². The molecule has 0 amide bonds. The highest BCUT2D eigenvalue weighted by atomic mass is 32.1. The molecule has 0 heterocycles. The number of thiol groups is 1. The lowest BCUT2D eigenvalue weighted by Gasteiger charge is -2.19. The van der Waals surface area contributed by atoms with E-state index in [1.54, 1.807) is 0 Å². The van der Waals surface area contributed by atoms with Crippen LogP contribution in [0.1, 0.15) is 39.5 Å². The molecule has 1 fully saturated rings. The highest BCUT2D eigenvalue weighted by Gasteiger charge is 2.37. The topological polar surface area (TPSA) is 34.1 Å². The van der Waals surface area contributed by atoms with Gasteiger partial charge in [0.05, 0.1) is 0 Å². The Hall–Kier alpha value is -0.310. The molecule has 1 aliphatic carbocycles. The highest BCUT2D eigenvalue weighted by Crippen LogP contribution is 2.35. The molecular formula is C12H20O2S. The molecule has 0 N–H and O–H groups in total. The molecule has 0 bridgehead atoms. The summed E-state index contributed by atoms with van der Waals surface area (Å²) in [7, 11) is 0. The first-order valence-corrected chi connectivity index (χ1v) is 6.42. The molecule has 2 nitrogen and oxygen atoms in total. The third-order valence-corrected chi connectivity index (χ3v) is 3.95. The largest absolute Gasteiger partial charge is 0.299 e. The fourth-order valence-corrected chi connectivity index (χ4v) is 2.58. The average Bonchev–Trinajstić information content (AvgIpc) is 2.74. The van der Waals surface area contributed by atoms with Crippen molar-refractivity contribution in [2.75, 3.05) is 5.75 Å². The lowest BCUT2D eigenvalue weighted by atomic mass is 9.83. The van der Waals surface area contributed by atoms with Gasteiger partial charge in [-0.3, -0.25) is 9.59 Å². The number of carbonyl (C=O) groups excluding carboxylic acids is 2. The van der Waals surface area contributed by atoms with E-state index in [9.17, 15) is 9.59 Å². The third-order valence-electron chi connectivity index (χ3n) is 3.40. The summed E-state index contributed by atoms with van der Waals surface area (Å²) in [6.07, 6.45) is 3.38. The second kappa shape index (κ2) is 5.69. The summed E-state index contributed by atoms with van der Waals surface area (Å²) in [6.45, 7) is 3.78. The molecule has 1 unspecified atom stereocenters. The predicted molar refractivity (Wildman–Crippen MR) is 64.2 cm³/mol. The van der Waals surface area contributed by atoms with E-state index in [0.29, 0.717) is 12.2 Å². The van der Waals surface area contributed by atoms with Gasteiger partial charge in [-0.1, -0.05) is 20.3 Å². The van der Waals surface area contributed by atoms with Crippen LogP contribution in [0.15, 0.2) is 0 Å². The predicted octanol–water partition coefficient (Wildman–Crippen LogP) is 2.52. The summed E-state index contributed by atoms with van der Waals surface area (Å²) in [5, 5.41) is 0. The summed E-state index contributed by atoms with van der Waals surface area (Å²) < 4.78 is 0. The fraction of sp³-hybridized carbons (Fsp3) is 0.833. The molecule has 0 saturated heterocycles. The minimum atomic E-state index is -0.0143. The van der Waals surface area contributed by atoms with Crippen molar-refractivity contribution in [3.8, 4) is 0 Å². The first kappa shape index (κ1) is 12.8. The van der Waals surface area contributed by atoms with Crippen LogP contribution in [0.25, 0.3) is 0 Å². The SMILES string of the molecule is CCC(=O)[C@@H]1CCCC1C(=O)[C@H](C)CS. The minimum Gasteiger partial charge on any atom is -0.299 e. The summed E-state index contributed by atoms with van der Waals surface area (Å²) in [4.78, 5) is 23.7. The van der Waals surface area contributed by atoms with Gasteiger partial charge >= 0.3 is 0 Å². The molecule has 86 valence electrons. The van der Waals surface area contributed by atoms with Crippen LogP contribution in [-0.2, 0) is 9.59 Å². The van der Waals surface area contributed by atoms with Gasteiger partial charge in [-0.25, -0.2) is 0 Å². The van der Waals surface area contributed by atoms with Crippen LogP contribution in [-0.4, -0.2) is 17.3 Å². The van der Waals surface area contributed by atoms with Crippen molar-refractivity contribution in [1.29, 1.82) is 0 Å². The normalized spacial score (nSPS) is 27.7. The standard InChI is InChI=1S/C12H20O2S/c1-3-11(13)9-5-4-6-10(9)12(14)8(2)7-15/h8-10,15H,3-7H2,1-2H3/t8-,9-,10?/m1/s1. The Labute approximate surface area is 97.2 Å². The van der Waals surface area contributed by atoms with Crippen LogP contribution in [0.3, 0.4) is 0 Å². The molecule has 15 heavy (non-hydrogen) atoms. The van der Waals surface area contributed by atoms with Crippen LogP contribution in [0, 0.1) is 17.8 Å². The molecule has 3 heteroatoms. The first-order valence-electron chi connectivity index (χ1n) is 5.79. The number of ketones is 2. The van der Waals surface area contributed by atoms with Crippen LogP contribution in [0.5, 0.6) is 0 Å². The van der Waals surface area contributed by atoms with Crippen molar-refractivity contribution in [2.24, 2.45) is 17.8 Å². The Balaban J connectivity index is 2.68. The zero-order valence-electron chi connectivity index (χ0n) is 9.53. The Morgan fingerprint density at radius 1 is 1.33 bits per heavy atom. The van der Waals surface area contributed by atoms with E-state index in [0.717, 1.165) is 19.3 Å². The highest BCUT2D eigenvalue weighted by molar-refractivity contribution is 7.80. The first-order chi connectivity index (χ1) is 7.11. The van der Waals surface area contributed by atoms with Crippen molar-refractivity contribution in [2.45, 2.75) is 39.5 Å². The molecule has 1 saturated carbocycles. The minimum absolute atomic E-state index is 0.00448. The van der Waals surface area contributed by atoms with Gasteiger partial charge in [-0.15, -0.1) is 0 Å². The zero-order chi connectivity index (χ0) is 11.4. The quantitative estimate of drug-likeness (QED) is 0.734. The average molecular weight is 228 g/mol. The maximum Gasteiger partial charge on any atom is 0.140 e. The van der Waals surface area contributed by atoms with E-state index in [1.807, 2.05) is 13.8 Å². The number of Topliss-reactive ketones (excluding diaryl/α,β-unsaturated/α-hetero) is 2. The molecule has 3 atom stereocenters. The van der Waals surface area contributed by atoms with Crippen molar-refractivity contribution in [3.63, 3.8) is 0 Å². The number of carbonyl (C=O) groups is 2. The molecule has 0 radical (unpaired) electrons. The lowest BCUT2D eigenvalue weighted by molar-refractivity contribution is -0.132. The Morgan fingerprint density at radius 3 is 2.47 bits per heavy atom. The Morgan fingerprint density at radius 2 is 1.93 bits per heavy atom. The smallest absolute Gasteiger partial charge is 0.140 e. The van der Waals surface area contributed by atoms with Gasteiger partial charge in [0.1, 0.15) is 11.6 Å². The molecule has 1 rings (SSSR count). The maximum atomic E-state index is 12.0. The van der Waals surface area contributed by atoms with Crippen molar-refractivity contribution < 1.29 is 9.59 Å². The maximum absolute atomic E-state index is 12.0. The molecule has 0 aliphatic heterocycles. The third kappa shape index (κ3) is 2.83. The second-order valence-corrected chi connectivity index (χ2v) is 4.81. The Bertz CT molecular complexity index is 250. The summed E-state index contributed by atoms with van der Waals surface area (Å²) >= 11 is 4.15. The van der Waals surface area contributed by atoms with Crippen molar-refractivity contribution >= 4 is 24.2 Å². The summed E-state index contributed by atoms with van der Waals surface area (Å²) in [6, 6.07) is 0. The molecule has 1 aliphatic rings. The summed E-state index contributed by atoms with van der Waals surface area (Å²) in [5.41, 5.74) is 0. The zero-order valence-corrected chi connectivity index (χ0v) is 10.4. The van der Waals surface area contributed by atoms with E-state index in [4.69, 9.17) is 0 Å².